The first-order valence-corrected chi connectivity index (χ1v) is 6.34. The lowest BCUT2D eigenvalue weighted by molar-refractivity contribution is -0.390. The maximum absolute atomic E-state index is 12.5. The van der Waals surface area contributed by atoms with Crippen LogP contribution in [-0.2, 0) is 15.4 Å². The van der Waals surface area contributed by atoms with Gasteiger partial charge in [-0.15, -0.1) is 0 Å². The molecule has 0 radical (unpaired) electrons. The molecule has 1 atom stereocenters. The van der Waals surface area contributed by atoms with Crippen LogP contribution in [-0.4, -0.2) is 18.2 Å². The van der Waals surface area contributed by atoms with E-state index in [4.69, 9.17) is 16.3 Å². The molecule has 0 saturated heterocycles. The van der Waals surface area contributed by atoms with E-state index in [1.54, 1.807) is 42.5 Å². The van der Waals surface area contributed by atoms with Gasteiger partial charge in [0.1, 0.15) is 0 Å². The monoisotopic (exact) mass is 290 g/mol. The first-order valence-electron chi connectivity index (χ1n) is 5.96. The largest absolute Gasteiger partial charge is 0.344 e. The van der Waals surface area contributed by atoms with Gasteiger partial charge in [0.15, 0.2) is 5.78 Å². The van der Waals surface area contributed by atoms with Crippen molar-refractivity contribution < 1.29 is 19.7 Å². The van der Waals surface area contributed by atoms with Crippen molar-refractivity contribution in [2.24, 2.45) is 0 Å². The number of carbonyl (C=O) groups is 1. The number of methoxy groups -OCH3 is 1. The molecule has 1 N–H and O–H groups in total. The lowest BCUT2D eigenvalue weighted by Crippen LogP contribution is -2.39. The van der Waals surface area contributed by atoms with Gasteiger partial charge in [0.2, 0.25) is 0 Å². The second kappa shape index (κ2) is 4.68. The van der Waals surface area contributed by atoms with Crippen LogP contribution in [0.3, 0.4) is 0 Å². The Bertz CT molecular complexity index is 692. The second-order valence-corrected chi connectivity index (χ2v) is 4.91. The zero-order valence-electron chi connectivity index (χ0n) is 10.6. The molecule has 4 nitrogen and oxygen atoms in total. The highest BCUT2D eigenvalue weighted by Crippen LogP contribution is 2.43. The van der Waals surface area contributed by atoms with E-state index in [1.807, 2.05) is 0 Å². The van der Waals surface area contributed by atoms with E-state index in [0.29, 0.717) is 27.3 Å². The fourth-order valence-corrected chi connectivity index (χ4v) is 2.78. The molecule has 20 heavy (non-hydrogen) atoms. The van der Waals surface area contributed by atoms with E-state index < -0.39 is 5.79 Å². The Morgan fingerprint density at radius 2 is 1.80 bits per heavy atom. The third-order valence-electron chi connectivity index (χ3n) is 3.52. The minimum absolute atomic E-state index is 0.178. The predicted molar refractivity (Wildman–Crippen MR) is 72.8 cm³/mol. The van der Waals surface area contributed by atoms with Crippen LogP contribution in [0.15, 0.2) is 42.5 Å². The van der Waals surface area contributed by atoms with Gasteiger partial charge in [0.05, 0.1) is 0 Å². The smallest absolute Gasteiger partial charge is 0.255 e. The molecule has 0 saturated carbocycles. The molecule has 2 aromatic carbocycles. The Morgan fingerprint density at radius 3 is 2.50 bits per heavy atom. The molecular weight excluding hydrogens is 280 g/mol. The maximum Gasteiger partial charge on any atom is 0.255 e. The highest BCUT2D eigenvalue weighted by atomic mass is 35.5. The molecule has 0 bridgehead atoms. The number of fused-ring (bicyclic) bond motifs is 2. The predicted octanol–water partition coefficient (Wildman–Crippen LogP) is 3.22. The van der Waals surface area contributed by atoms with Gasteiger partial charge in [-0.1, -0.05) is 41.9 Å². The third-order valence-corrected chi connectivity index (χ3v) is 3.76. The molecule has 0 heterocycles. The Balaban J connectivity index is 2.39. The van der Waals surface area contributed by atoms with E-state index in [-0.39, 0.29) is 5.78 Å². The highest BCUT2D eigenvalue weighted by molar-refractivity contribution is 6.31. The average Bonchev–Trinajstić information content (AvgIpc) is 2.49. The molecule has 2 aromatic rings. The molecule has 1 unspecified atom stereocenters. The van der Waals surface area contributed by atoms with Gasteiger partial charge in [-0.3, -0.25) is 4.79 Å². The summed E-state index contributed by atoms with van der Waals surface area (Å²) in [6.45, 7) is 0. The second-order valence-electron chi connectivity index (χ2n) is 4.48. The van der Waals surface area contributed by atoms with Crippen LogP contribution in [0.2, 0.25) is 5.02 Å². The van der Waals surface area contributed by atoms with Crippen LogP contribution in [0.25, 0.3) is 0 Å². The molecule has 1 aliphatic rings. The van der Waals surface area contributed by atoms with Crippen molar-refractivity contribution in [3.63, 3.8) is 0 Å². The SMILES string of the molecule is COC1(OO)c2ccccc2C(=O)c2cc(Cl)ccc21. The quantitative estimate of drug-likeness (QED) is 0.524. The molecule has 0 fully saturated rings. The van der Waals surface area contributed by atoms with E-state index in [9.17, 15) is 10.1 Å². The fourth-order valence-electron chi connectivity index (χ4n) is 2.61. The summed E-state index contributed by atoms with van der Waals surface area (Å²) in [6, 6.07) is 11.6. The highest BCUT2D eigenvalue weighted by Gasteiger charge is 2.46. The Hall–Kier alpha value is -1.72. The number of hydrogen-bond acceptors (Lipinski definition) is 4. The average molecular weight is 291 g/mol. The number of ketones is 1. The van der Waals surface area contributed by atoms with Crippen molar-refractivity contribution in [3.8, 4) is 0 Å². The summed E-state index contributed by atoms with van der Waals surface area (Å²) in [5.41, 5.74) is 1.66. The van der Waals surface area contributed by atoms with Gasteiger partial charge in [0.25, 0.3) is 5.79 Å². The molecular formula is C15H11ClO4. The van der Waals surface area contributed by atoms with Gasteiger partial charge in [0, 0.05) is 34.4 Å². The fraction of sp³-hybridized carbons (Fsp3) is 0.133. The molecule has 3 rings (SSSR count). The zero-order valence-corrected chi connectivity index (χ0v) is 11.3. The number of ether oxygens (including phenoxy) is 1. The summed E-state index contributed by atoms with van der Waals surface area (Å²) in [5, 5.41) is 9.85. The lowest BCUT2D eigenvalue weighted by atomic mass is 9.80. The molecule has 0 amide bonds. The molecule has 0 spiro atoms. The van der Waals surface area contributed by atoms with Crippen molar-refractivity contribution in [1.29, 1.82) is 0 Å². The van der Waals surface area contributed by atoms with Gasteiger partial charge in [-0.2, -0.15) is 4.89 Å². The molecule has 1 aliphatic carbocycles. The van der Waals surface area contributed by atoms with Crippen molar-refractivity contribution in [2.45, 2.75) is 5.79 Å². The van der Waals surface area contributed by atoms with Gasteiger partial charge in [-0.05, 0) is 12.1 Å². The van der Waals surface area contributed by atoms with Crippen LogP contribution in [0.5, 0.6) is 0 Å². The Labute approximate surface area is 120 Å². The van der Waals surface area contributed by atoms with Gasteiger partial charge >= 0.3 is 0 Å². The van der Waals surface area contributed by atoms with Gasteiger partial charge in [-0.25, -0.2) is 5.26 Å². The lowest BCUT2D eigenvalue weighted by Gasteiger charge is -2.35. The van der Waals surface area contributed by atoms with Crippen molar-refractivity contribution in [3.05, 3.63) is 69.7 Å². The molecule has 102 valence electrons. The first kappa shape index (κ1) is 13.3. The standard InChI is InChI=1S/C15H11ClO4/c1-19-15(20-18)12-5-3-2-4-10(12)14(17)11-8-9(16)6-7-13(11)15/h2-8,18H,1H3. The minimum Gasteiger partial charge on any atom is -0.344 e. The van der Waals surface area contributed by atoms with E-state index in [0.717, 1.165) is 0 Å². The molecule has 5 heteroatoms. The Morgan fingerprint density at radius 1 is 1.10 bits per heavy atom. The van der Waals surface area contributed by atoms with Crippen molar-refractivity contribution >= 4 is 17.4 Å². The topological polar surface area (TPSA) is 55.8 Å². The number of benzene rings is 2. The Kier molecular flexibility index (Phi) is 3.11. The number of halogens is 1. The van der Waals surface area contributed by atoms with Crippen LogP contribution in [0.1, 0.15) is 27.0 Å². The van der Waals surface area contributed by atoms with E-state index in [2.05, 4.69) is 4.89 Å². The molecule has 0 aromatic heterocycles. The van der Waals surface area contributed by atoms with Crippen LogP contribution >= 0.6 is 11.6 Å². The summed E-state index contributed by atoms with van der Waals surface area (Å²) >= 11 is 5.95. The van der Waals surface area contributed by atoms with Crippen molar-refractivity contribution in [2.75, 3.05) is 7.11 Å². The van der Waals surface area contributed by atoms with Crippen molar-refractivity contribution in [1.82, 2.24) is 0 Å². The van der Waals surface area contributed by atoms with Crippen LogP contribution in [0, 0.1) is 0 Å². The van der Waals surface area contributed by atoms with Crippen LogP contribution < -0.4 is 0 Å². The van der Waals surface area contributed by atoms with Crippen LogP contribution in [0.4, 0.5) is 0 Å². The van der Waals surface area contributed by atoms with Gasteiger partial charge < -0.3 is 4.74 Å². The summed E-state index contributed by atoms with van der Waals surface area (Å²) in [7, 11) is 1.40. The van der Waals surface area contributed by atoms with E-state index >= 15 is 0 Å². The summed E-state index contributed by atoms with van der Waals surface area (Å²) < 4.78 is 5.40. The number of carbonyl (C=O) groups excluding carboxylic acids is 1. The number of rotatable bonds is 2. The summed E-state index contributed by atoms with van der Waals surface area (Å²) in [6.07, 6.45) is 0. The zero-order chi connectivity index (χ0) is 14.3. The summed E-state index contributed by atoms with van der Waals surface area (Å²) in [4.78, 5) is 17.2. The minimum atomic E-state index is -1.52. The molecule has 0 aliphatic heterocycles. The maximum atomic E-state index is 12.5. The first-order chi connectivity index (χ1) is 9.64. The normalized spacial score (nSPS) is 20.4. The van der Waals surface area contributed by atoms with E-state index in [1.165, 1.54) is 7.11 Å². The number of hydrogen-bond donors (Lipinski definition) is 1. The third kappa shape index (κ3) is 1.63. The summed E-state index contributed by atoms with van der Waals surface area (Å²) in [5.74, 6) is -1.70.